The van der Waals surface area contributed by atoms with E-state index in [0.29, 0.717) is 18.4 Å². The number of alkyl halides is 3. The Hall–Kier alpha value is -2.29. The number of ether oxygens (including phenoxy) is 1. The van der Waals surface area contributed by atoms with Crippen LogP contribution in [0.15, 0.2) is 35.2 Å². The van der Waals surface area contributed by atoms with E-state index in [1.807, 2.05) is 12.3 Å². The van der Waals surface area contributed by atoms with Gasteiger partial charge < -0.3 is 15.4 Å². The first-order valence-corrected chi connectivity index (χ1v) is 8.55. The van der Waals surface area contributed by atoms with Crippen molar-refractivity contribution in [2.75, 3.05) is 0 Å². The summed E-state index contributed by atoms with van der Waals surface area (Å²) in [5, 5.41) is 7.48. The van der Waals surface area contributed by atoms with Crippen molar-refractivity contribution < 1.29 is 22.7 Å². The first kappa shape index (κ1) is 17.5. The SMILES string of the molecule is CC(NC(=O)NC1(c2cccc(OC(F)(F)F)c2)CC1)c1cscn1. The van der Waals surface area contributed by atoms with Gasteiger partial charge in [-0.05, 0) is 37.5 Å². The smallest absolute Gasteiger partial charge is 0.406 e. The molecule has 25 heavy (non-hydrogen) atoms. The fraction of sp³-hybridized carbons (Fsp3) is 0.375. The molecule has 3 rings (SSSR count). The van der Waals surface area contributed by atoms with Gasteiger partial charge >= 0.3 is 12.4 Å². The van der Waals surface area contributed by atoms with Gasteiger partial charge in [0.05, 0.1) is 22.8 Å². The van der Waals surface area contributed by atoms with Gasteiger partial charge in [0.25, 0.3) is 0 Å². The number of nitrogens with one attached hydrogen (secondary N) is 2. The molecule has 1 aliphatic carbocycles. The minimum Gasteiger partial charge on any atom is -0.406 e. The van der Waals surface area contributed by atoms with Crippen molar-refractivity contribution in [1.82, 2.24) is 15.6 Å². The van der Waals surface area contributed by atoms with Crippen LogP contribution >= 0.6 is 11.3 Å². The molecular weight excluding hydrogens is 355 g/mol. The van der Waals surface area contributed by atoms with Gasteiger partial charge in [0.15, 0.2) is 0 Å². The Morgan fingerprint density at radius 1 is 1.40 bits per heavy atom. The zero-order chi connectivity index (χ0) is 18.1. The molecule has 2 amide bonds. The highest BCUT2D eigenvalue weighted by atomic mass is 32.1. The summed E-state index contributed by atoms with van der Waals surface area (Å²) in [5.74, 6) is -0.297. The molecule has 1 saturated carbocycles. The monoisotopic (exact) mass is 371 g/mol. The van der Waals surface area contributed by atoms with Crippen molar-refractivity contribution in [3.8, 4) is 5.75 Å². The molecule has 1 heterocycles. The molecule has 1 aromatic carbocycles. The second-order valence-corrected chi connectivity index (χ2v) is 6.61. The third-order valence-corrected chi connectivity index (χ3v) is 4.57. The standard InChI is InChI=1S/C16H16F3N3O2S/c1-10(13-8-25-9-20-13)21-14(23)22-15(5-6-15)11-3-2-4-12(7-11)24-16(17,18)19/h2-4,7-10H,5-6H2,1H3,(H2,21,22,23). The minimum absolute atomic E-state index is 0.262. The molecule has 9 heteroatoms. The van der Waals surface area contributed by atoms with Gasteiger partial charge in [0.1, 0.15) is 5.75 Å². The third kappa shape index (κ3) is 4.41. The van der Waals surface area contributed by atoms with E-state index in [2.05, 4.69) is 20.4 Å². The number of hydrogen-bond donors (Lipinski definition) is 2. The van der Waals surface area contributed by atoms with Crippen LogP contribution in [0, 0.1) is 0 Å². The fourth-order valence-electron chi connectivity index (χ4n) is 2.56. The van der Waals surface area contributed by atoms with Gasteiger partial charge in [-0.2, -0.15) is 0 Å². The molecular formula is C16H16F3N3O2S. The number of carbonyl (C=O) groups is 1. The topological polar surface area (TPSA) is 63.2 Å². The van der Waals surface area contributed by atoms with Crippen LogP contribution in [0.25, 0.3) is 0 Å². The number of urea groups is 1. The predicted octanol–water partition coefficient (Wildman–Crippen LogP) is 4.09. The summed E-state index contributed by atoms with van der Waals surface area (Å²) in [6.45, 7) is 1.81. The van der Waals surface area contributed by atoms with E-state index in [0.717, 1.165) is 5.69 Å². The van der Waals surface area contributed by atoms with Crippen molar-refractivity contribution in [3.63, 3.8) is 0 Å². The van der Waals surface area contributed by atoms with Crippen molar-refractivity contribution in [1.29, 1.82) is 0 Å². The summed E-state index contributed by atoms with van der Waals surface area (Å²) in [4.78, 5) is 16.4. The zero-order valence-electron chi connectivity index (χ0n) is 13.3. The molecule has 0 spiro atoms. The number of nitrogens with zero attached hydrogens (tertiary/aromatic N) is 1. The molecule has 5 nitrogen and oxygen atoms in total. The van der Waals surface area contributed by atoms with E-state index in [1.54, 1.807) is 11.6 Å². The molecule has 2 aromatic rings. The Kier molecular flexibility index (Phi) is 4.59. The first-order chi connectivity index (χ1) is 11.8. The van der Waals surface area contributed by atoms with E-state index in [9.17, 15) is 18.0 Å². The molecule has 0 radical (unpaired) electrons. The number of halogens is 3. The van der Waals surface area contributed by atoms with Gasteiger partial charge in [-0.3, -0.25) is 0 Å². The number of rotatable bonds is 5. The largest absolute Gasteiger partial charge is 0.573 e. The summed E-state index contributed by atoms with van der Waals surface area (Å²) < 4.78 is 41.0. The number of benzene rings is 1. The van der Waals surface area contributed by atoms with Gasteiger partial charge in [-0.1, -0.05) is 12.1 Å². The number of hydrogen-bond acceptors (Lipinski definition) is 4. The number of aromatic nitrogens is 1. The maximum absolute atomic E-state index is 12.4. The van der Waals surface area contributed by atoms with E-state index < -0.39 is 11.9 Å². The van der Waals surface area contributed by atoms with Gasteiger partial charge in [-0.15, -0.1) is 24.5 Å². The first-order valence-electron chi connectivity index (χ1n) is 7.60. The molecule has 1 aliphatic rings. The minimum atomic E-state index is -4.75. The molecule has 134 valence electrons. The highest BCUT2D eigenvalue weighted by Crippen LogP contribution is 2.46. The zero-order valence-corrected chi connectivity index (χ0v) is 14.1. The Bertz CT molecular complexity index is 745. The van der Waals surface area contributed by atoms with E-state index in [-0.39, 0.29) is 17.8 Å². The molecule has 0 bridgehead atoms. The summed E-state index contributed by atoms with van der Waals surface area (Å²) in [5.41, 5.74) is 2.37. The molecule has 0 aliphatic heterocycles. The molecule has 1 atom stereocenters. The van der Waals surface area contributed by atoms with Crippen molar-refractivity contribution in [3.05, 3.63) is 46.4 Å². The Morgan fingerprint density at radius 2 is 2.16 bits per heavy atom. The van der Waals surface area contributed by atoms with Crippen LogP contribution in [0.5, 0.6) is 5.75 Å². The maximum Gasteiger partial charge on any atom is 0.573 e. The molecule has 1 unspecified atom stereocenters. The highest BCUT2D eigenvalue weighted by molar-refractivity contribution is 7.07. The van der Waals surface area contributed by atoms with Crippen molar-refractivity contribution in [2.45, 2.75) is 37.7 Å². The van der Waals surface area contributed by atoms with Crippen LogP contribution in [0.2, 0.25) is 0 Å². The van der Waals surface area contributed by atoms with Crippen LogP contribution in [0.3, 0.4) is 0 Å². The second kappa shape index (κ2) is 6.55. The lowest BCUT2D eigenvalue weighted by Gasteiger charge is -2.21. The number of carbonyl (C=O) groups excluding carboxylic acids is 1. The molecule has 2 N–H and O–H groups in total. The van der Waals surface area contributed by atoms with Crippen molar-refractivity contribution in [2.24, 2.45) is 0 Å². The van der Waals surface area contributed by atoms with Gasteiger partial charge in [0.2, 0.25) is 0 Å². The summed E-state index contributed by atoms with van der Waals surface area (Å²) in [6, 6.07) is 5.05. The van der Waals surface area contributed by atoms with Crippen molar-refractivity contribution >= 4 is 17.4 Å². The Balaban J connectivity index is 1.66. The van der Waals surface area contributed by atoms with E-state index in [4.69, 9.17) is 0 Å². The lowest BCUT2D eigenvalue weighted by molar-refractivity contribution is -0.274. The number of thiazole rings is 1. The lowest BCUT2D eigenvalue weighted by atomic mass is 10.0. The van der Waals surface area contributed by atoms with Crippen LogP contribution in [-0.2, 0) is 5.54 Å². The van der Waals surface area contributed by atoms with Crippen LogP contribution in [0.4, 0.5) is 18.0 Å². The summed E-state index contributed by atoms with van der Waals surface area (Å²) in [6.07, 6.45) is -3.44. The van der Waals surface area contributed by atoms with Crippen LogP contribution < -0.4 is 15.4 Å². The normalized spacial score (nSPS) is 16.8. The molecule has 1 aromatic heterocycles. The molecule has 0 saturated heterocycles. The van der Waals surface area contributed by atoms with E-state index >= 15 is 0 Å². The Labute approximate surface area is 146 Å². The fourth-order valence-corrected chi connectivity index (χ4v) is 3.21. The second-order valence-electron chi connectivity index (χ2n) is 5.89. The highest BCUT2D eigenvalue weighted by Gasteiger charge is 2.46. The van der Waals surface area contributed by atoms with Crippen LogP contribution in [0.1, 0.15) is 37.1 Å². The summed E-state index contributed by atoms with van der Waals surface area (Å²) >= 11 is 1.43. The maximum atomic E-state index is 12.4. The predicted molar refractivity (Wildman–Crippen MR) is 86.2 cm³/mol. The summed E-state index contributed by atoms with van der Waals surface area (Å²) in [7, 11) is 0. The van der Waals surface area contributed by atoms with Crippen LogP contribution in [-0.4, -0.2) is 17.4 Å². The van der Waals surface area contributed by atoms with Gasteiger partial charge in [-0.25, -0.2) is 9.78 Å². The van der Waals surface area contributed by atoms with E-state index in [1.165, 1.54) is 29.5 Å². The molecule has 1 fully saturated rings. The third-order valence-electron chi connectivity index (χ3n) is 3.97. The van der Waals surface area contributed by atoms with Gasteiger partial charge in [0, 0.05) is 5.38 Å². The Morgan fingerprint density at radius 3 is 2.76 bits per heavy atom. The number of amides is 2. The average Bonchev–Trinajstić information content (AvgIpc) is 3.08. The quantitative estimate of drug-likeness (QED) is 0.832. The lowest BCUT2D eigenvalue weighted by Crippen LogP contribution is -2.43. The average molecular weight is 371 g/mol.